The van der Waals surface area contributed by atoms with Crippen molar-refractivity contribution in [2.75, 3.05) is 7.11 Å². The standard InChI is InChI=1S/C13H10O5/c1-16-10-4-2-3-5-11(10)18-13(15)12-7-6-9(8-14)17-12/h2-8H,1H3. The van der Waals surface area contributed by atoms with Gasteiger partial charge < -0.3 is 13.9 Å². The highest BCUT2D eigenvalue weighted by atomic mass is 16.6. The molecule has 0 saturated heterocycles. The van der Waals surface area contributed by atoms with Gasteiger partial charge in [0.15, 0.2) is 23.5 Å². The first-order valence-corrected chi connectivity index (χ1v) is 5.15. The molecular formula is C13H10O5. The molecule has 0 amide bonds. The normalized spacial score (nSPS) is 9.83. The topological polar surface area (TPSA) is 65.7 Å². The van der Waals surface area contributed by atoms with E-state index in [4.69, 9.17) is 13.9 Å². The van der Waals surface area contributed by atoms with E-state index in [1.54, 1.807) is 24.3 Å². The van der Waals surface area contributed by atoms with Crippen LogP contribution >= 0.6 is 0 Å². The number of esters is 1. The molecule has 0 aliphatic heterocycles. The van der Waals surface area contributed by atoms with Crippen molar-refractivity contribution in [1.29, 1.82) is 0 Å². The van der Waals surface area contributed by atoms with Gasteiger partial charge >= 0.3 is 5.97 Å². The summed E-state index contributed by atoms with van der Waals surface area (Å²) in [5, 5.41) is 0. The summed E-state index contributed by atoms with van der Waals surface area (Å²) < 4.78 is 15.1. The Hall–Kier alpha value is -2.56. The molecule has 0 aliphatic rings. The van der Waals surface area contributed by atoms with Crippen molar-refractivity contribution < 1.29 is 23.5 Å². The zero-order chi connectivity index (χ0) is 13.0. The van der Waals surface area contributed by atoms with Gasteiger partial charge in [-0.2, -0.15) is 0 Å². The molecule has 0 spiro atoms. The number of carbonyl (C=O) groups is 2. The predicted octanol–water partition coefficient (Wildman–Crippen LogP) is 2.32. The van der Waals surface area contributed by atoms with E-state index < -0.39 is 5.97 Å². The molecule has 0 saturated carbocycles. The molecule has 0 unspecified atom stereocenters. The molecule has 0 radical (unpaired) electrons. The maximum absolute atomic E-state index is 11.7. The first-order chi connectivity index (χ1) is 8.74. The number of rotatable bonds is 4. The number of ether oxygens (including phenoxy) is 2. The highest BCUT2D eigenvalue weighted by Crippen LogP contribution is 2.26. The summed E-state index contributed by atoms with van der Waals surface area (Å²) in [6, 6.07) is 9.51. The molecule has 5 heteroatoms. The SMILES string of the molecule is COc1ccccc1OC(=O)c1ccc(C=O)o1. The first kappa shape index (κ1) is 11.9. The molecule has 2 aromatic rings. The summed E-state index contributed by atoms with van der Waals surface area (Å²) in [7, 11) is 1.48. The van der Waals surface area contributed by atoms with E-state index in [0.29, 0.717) is 12.0 Å². The van der Waals surface area contributed by atoms with Gasteiger partial charge in [0.05, 0.1) is 7.11 Å². The molecule has 2 rings (SSSR count). The van der Waals surface area contributed by atoms with Crippen LogP contribution < -0.4 is 9.47 Å². The summed E-state index contributed by atoms with van der Waals surface area (Å²) in [4.78, 5) is 22.2. The Balaban J connectivity index is 2.18. The molecule has 0 bridgehead atoms. The third-order valence-corrected chi connectivity index (χ3v) is 2.22. The van der Waals surface area contributed by atoms with Gasteiger partial charge in [-0.15, -0.1) is 0 Å². The molecule has 1 aromatic carbocycles. The fourth-order valence-corrected chi connectivity index (χ4v) is 1.38. The lowest BCUT2D eigenvalue weighted by atomic mass is 10.3. The predicted molar refractivity (Wildman–Crippen MR) is 62.0 cm³/mol. The zero-order valence-electron chi connectivity index (χ0n) is 9.58. The van der Waals surface area contributed by atoms with Crippen LogP contribution in [-0.2, 0) is 0 Å². The van der Waals surface area contributed by atoms with E-state index in [9.17, 15) is 9.59 Å². The second-order valence-electron chi connectivity index (χ2n) is 3.36. The lowest BCUT2D eigenvalue weighted by molar-refractivity contribution is 0.0695. The van der Waals surface area contributed by atoms with Crippen LogP contribution in [0.4, 0.5) is 0 Å². The molecule has 0 N–H and O–H groups in total. The van der Waals surface area contributed by atoms with Crippen molar-refractivity contribution in [3.63, 3.8) is 0 Å². The van der Waals surface area contributed by atoms with Crippen molar-refractivity contribution in [2.24, 2.45) is 0 Å². The molecule has 1 aromatic heterocycles. The van der Waals surface area contributed by atoms with Gasteiger partial charge in [0, 0.05) is 0 Å². The zero-order valence-corrected chi connectivity index (χ0v) is 9.58. The number of carbonyl (C=O) groups excluding carboxylic acids is 2. The van der Waals surface area contributed by atoms with Crippen molar-refractivity contribution in [3.8, 4) is 11.5 Å². The Morgan fingerprint density at radius 3 is 2.50 bits per heavy atom. The summed E-state index contributed by atoms with van der Waals surface area (Å²) in [6.07, 6.45) is 0.514. The van der Waals surface area contributed by atoms with Crippen LogP contribution in [-0.4, -0.2) is 19.4 Å². The summed E-state index contributed by atoms with van der Waals surface area (Å²) >= 11 is 0. The second kappa shape index (κ2) is 5.18. The lowest BCUT2D eigenvalue weighted by Gasteiger charge is -2.07. The highest BCUT2D eigenvalue weighted by molar-refractivity contribution is 5.89. The number of aldehydes is 1. The van der Waals surface area contributed by atoms with E-state index in [-0.39, 0.29) is 17.3 Å². The largest absolute Gasteiger partial charge is 0.493 e. The number of benzene rings is 1. The Bertz CT molecular complexity index is 570. The van der Waals surface area contributed by atoms with Crippen LogP contribution in [0.1, 0.15) is 21.1 Å². The highest BCUT2D eigenvalue weighted by Gasteiger charge is 2.15. The van der Waals surface area contributed by atoms with E-state index in [1.807, 2.05) is 0 Å². The lowest BCUT2D eigenvalue weighted by Crippen LogP contribution is -2.08. The van der Waals surface area contributed by atoms with Crippen molar-refractivity contribution in [3.05, 3.63) is 47.9 Å². The molecule has 0 atom stereocenters. The fourth-order valence-electron chi connectivity index (χ4n) is 1.38. The van der Waals surface area contributed by atoms with Crippen LogP contribution in [0, 0.1) is 0 Å². The minimum absolute atomic E-state index is 0.0389. The van der Waals surface area contributed by atoms with Crippen molar-refractivity contribution in [1.82, 2.24) is 0 Å². The van der Waals surface area contributed by atoms with Gasteiger partial charge in [-0.3, -0.25) is 4.79 Å². The van der Waals surface area contributed by atoms with Gasteiger partial charge in [0.1, 0.15) is 0 Å². The summed E-state index contributed by atoms with van der Waals surface area (Å²) in [6.45, 7) is 0. The number of methoxy groups -OCH3 is 1. The van der Waals surface area contributed by atoms with E-state index in [2.05, 4.69) is 0 Å². The molecule has 0 fully saturated rings. The minimum atomic E-state index is -0.687. The quantitative estimate of drug-likeness (QED) is 0.470. The van der Waals surface area contributed by atoms with Gasteiger partial charge in [-0.25, -0.2) is 4.79 Å². The number of hydrogen-bond acceptors (Lipinski definition) is 5. The summed E-state index contributed by atoms with van der Waals surface area (Å²) in [5.41, 5.74) is 0. The Kier molecular flexibility index (Phi) is 3.43. The number of hydrogen-bond donors (Lipinski definition) is 0. The molecule has 1 heterocycles. The maximum Gasteiger partial charge on any atom is 0.379 e. The third-order valence-electron chi connectivity index (χ3n) is 2.22. The Labute approximate surface area is 103 Å². The summed E-state index contributed by atoms with van der Waals surface area (Å²) in [5.74, 6) is 0.0691. The molecular weight excluding hydrogens is 236 g/mol. The molecule has 0 aliphatic carbocycles. The van der Waals surface area contributed by atoms with Crippen LogP contribution in [0.3, 0.4) is 0 Å². The monoisotopic (exact) mass is 246 g/mol. The second-order valence-corrected chi connectivity index (χ2v) is 3.36. The maximum atomic E-state index is 11.7. The average molecular weight is 246 g/mol. The molecule has 5 nitrogen and oxygen atoms in total. The number of furan rings is 1. The number of para-hydroxylation sites is 2. The fraction of sp³-hybridized carbons (Fsp3) is 0.0769. The van der Waals surface area contributed by atoms with Crippen molar-refractivity contribution >= 4 is 12.3 Å². The van der Waals surface area contributed by atoms with E-state index >= 15 is 0 Å². The van der Waals surface area contributed by atoms with Gasteiger partial charge in [-0.05, 0) is 24.3 Å². The minimum Gasteiger partial charge on any atom is -0.493 e. The van der Waals surface area contributed by atoms with Crippen LogP contribution in [0.25, 0.3) is 0 Å². The third kappa shape index (κ3) is 2.40. The van der Waals surface area contributed by atoms with E-state index in [0.717, 1.165) is 0 Å². The average Bonchev–Trinajstić information content (AvgIpc) is 2.88. The Morgan fingerprint density at radius 2 is 1.89 bits per heavy atom. The van der Waals surface area contributed by atoms with Crippen LogP contribution in [0.15, 0.2) is 40.8 Å². The van der Waals surface area contributed by atoms with Crippen LogP contribution in [0.2, 0.25) is 0 Å². The van der Waals surface area contributed by atoms with Gasteiger partial charge in [-0.1, -0.05) is 12.1 Å². The van der Waals surface area contributed by atoms with Gasteiger partial charge in [0.25, 0.3) is 0 Å². The smallest absolute Gasteiger partial charge is 0.379 e. The molecule has 92 valence electrons. The van der Waals surface area contributed by atoms with Crippen molar-refractivity contribution in [2.45, 2.75) is 0 Å². The van der Waals surface area contributed by atoms with Crippen LogP contribution in [0.5, 0.6) is 11.5 Å². The Morgan fingerprint density at radius 1 is 1.17 bits per heavy atom. The van der Waals surface area contributed by atoms with Gasteiger partial charge in [0.2, 0.25) is 5.76 Å². The van der Waals surface area contributed by atoms with E-state index in [1.165, 1.54) is 19.2 Å². The first-order valence-electron chi connectivity index (χ1n) is 5.15. The molecule has 18 heavy (non-hydrogen) atoms.